The summed E-state index contributed by atoms with van der Waals surface area (Å²) in [5, 5.41) is 2.35. The van der Waals surface area contributed by atoms with Crippen LogP contribution in [0.4, 0.5) is 5.69 Å². The number of carbonyl (C=O) groups is 2. The summed E-state index contributed by atoms with van der Waals surface area (Å²) in [5.41, 5.74) is 1.12. The van der Waals surface area contributed by atoms with Crippen LogP contribution in [0.3, 0.4) is 0 Å². The first-order valence-electron chi connectivity index (χ1n) is 9.98. The van der Waals surface area contributed by atoms with Gasteiger partial charge < -0.3 is 0 Å². The Bertz CT molecular complexity index is 1140. The van der Waals surface area contributed by atoms with Gasteiger partial charge in [0.25, 0.3) is 0 Å². The van der Waals surface area contributed by atoms with Gasteiger partial charge >= 0.3 is 0 Å². The Balaban J connectivity index is 1.36. The van der Waals surface area contributed by atoms with E-state index in [4.69, 9.17) is 0 Å². The molecule has 1 spiro atoms. The molecule has 3 aliphatic carbocycles. The van der Waals surface area contributed by atoms with Crippen LogP contribution < -0.4 is 4.90 Å². The first-order valence-corrected chi connectivity index (χ1v) is 10.8. The maximum absolute atomic E-state index is 13.3. The van der Waals surface area contributed by atoms with Crippen molar-refractivity contribution in [2.24, 2.45) is 29.1 Å². The summed E-state index contributed by atoms with van der Waals surface area (Å²) in [6.45, 7) is 0. The van der Waals surface area contributed by atoms with E-state index in [1.165, 1.54) is 32.5 Å². The fourth-order valence-corrected chi connectivity index (χ4v) is 7.92. The van der Waals surface area contributed by atoms with Crippen molar-refractivity contribution in [3.8, 4) is 0 Å². The molecular formula is C23H19NO2S. The molecule has 27 heavy (non-hydrogen) atoms. The van der Waals surface area contributed by atoms with Gasteiger partial charge in [-0.2, -0.15) is 0 Å². The minimum absolute atomic E-state index is 0.0475. The number of anilines is 1. The topological polar surface area (TPSA) is 37.4 Å². The average Bonchev–Trinajstić information content (AvgIpc) is 3.09. The zero-order chi connectivity index (χ0) is 17.9. The summed E-state index contributed by atoms with van der Waals surface area (Å²) in [6, 6.07) is 14.4. The van der Waals surface area contributed by atoms with Crippen molar-refractivity contribution >= 4 is 49.0 Å². The van der Waals surface area contributed by atoms with Crippen LogP contribution in [0.1, 0.15) is 25.7 Å². The Morgan fingerprint density at radius 2 is 1.52 bits per heavy atom. The van der Waals surface area contributed by atoms with Gasteiger partial charge in [-0.1, -0.05) is 18.2 Å². The first kappa shape index (κ1) is 14.8. The van der Waals surface area contributed by atoms with Gasteiger partial charge in [-0.25, -0.2) is 0 Å². The quantitative estimate of drug-likeness (QED) is 0.564. The van der Waals surface area contributed by atoms with Gasteiger partial charge in [-0.15, -0.1) is 11.3 Å². The van der Waals surface area contributed by atoms with Crippen molar-refractivity contribution in [2.45, 2.75) is 25.7 Å². The lowest BCUT2D eigenvalue weighted by molar-refractivity contribution is -0.123. The van der Waals surface area contributed by atoms with Crippen LogP contribution in [0.5, 0.6) is 0 Å². The molecule has 4 fully saturated rings. The van der Waals surface area contributed by atoms with E-state index < -0.39 is 0 Å². The molecule has 2 aromatic carbocycles. The van der Waals surface area contributed by atoms with Crippen molar-refractivity contribution in [1.82, 2.24) is 0 Å². The zero-order valence-electron chi connectivity index (χ0n) is 14.9. The SMILES string of the molecule is O=C1C2C(C(=O)N1c1ccc3sc4ccccc4c3c1)C1CCC2C12CC2. The Labute approximate surface area is 161 Å². The van der Waals surface area contributed by atoms with Gasteiger partial charge in [0.05, 0.1) is 17.5 Å². The number of hydrogen-bond acceptors (Lipinski definition) is 3. The third-order valence-electron chi connectivity index (χ3n) is 7.98. The Morgan fingerprint density at radius 3 is 2.22 bits per heavy atom. The largest absolute Gasteiger partial charge is 0.274 e. The third-order valence-corrected chi connectivity index (χ3v) is 9.13. The van der Waals surface area contributed by atoms with Gasteiger partial charge in [-0.3, -0.25) is 14.5 Å². The van der Waals surface area contributed by atoms with Gasteiger partial charge in [0.1, 0.15) is 0 Å². The highest BCUT2D eigenvalue weighted by atomic mass is 32.1. The average molecular weight is 373 g/mol. The standard InChI is InChI=1S/C23H19NO2S/c25-21-19-15-6-7-16(23(15)9-10-23)20(19)22(26)24(21)12-5-8-18-14(11-12)13-3-1-2-4-17(13)27-18/h1-5,8,11,15-16,19-20H,6-7,9-10H2. The maximum atomic E-state index is 13.3. The van der Waals surface area contributed by atoms with Gasteiger partial charge in [0, 0.05) is 20.2 Å². The molecule has 3 aromatic rings. The summed E-state index contributed by atoms with van der Waals surface area (Å²) >= 11 is 1.76. The number of carbonyl (C=O) groups excluding carboxylic acids is 2. The van der Waals surface area contributed by atoms with Crippen molar-refractivity contribution < 1.29 is 9.59 Å². The van der Waals surface area contributed by atoms with Gasteiger partial charge in [0.2, 0.25) is 11.8 Å². The lowest BCUT2D eigenvalue weighted by Crippen LogP contribution is -2.34. The summed E-state index contributed by atoms with van der Waals surface area (Å²) in [5.74, 6) is 0.964. The molecule has 1 aliphatic heterocycles. The van der Waals surface area contributed by atoms with Crippen molar-refractivity contribution in [2.75, 3.05) is 4.90 Å². The summed E-state index contributed by atoms with van der Waals surface area (Å²) in [6.07, 6.45) is 4.77. The van der Waals surface area contributed by atoms with Crippen molar-refractivity contribution in [1.29, 1.82) is 0 Å². The number of rotatable bonds is 1. The molecule has 4 unspecified atom stereocenters. The van der Waals surface area contributed by atoms with E-state index in [1.54, 1.807) is 11.3 Å². The lowest BCUT2D eigenvalue weighted by atomic mass is 9.81. The van der Waals surface area contributed by atoms with E-state index in [0.717, 1.165) is 23.9 Å². The van der Waals surface area contributed by atoms with Crippen molar-refractivity contribution in [3.05, 3.63) is 42.5 Å². The van der Waals surface area contributed by atoms with E-state index in [2.05, 4.69) is 30.3 Å². The molecule has 2 heterocycles. The molecule has 2 bridgehead atoms. The number of imide groups is 1. The molecule has 0 N–H and O–H groups in total. The second-order valence-electron chi connectivity index (χ2n) is 8.87. The number of hydrogen-bond donors (Lipinski definition) is 0. The molecule has 134 valence electrons. The summed E-state index contributed by atoms with van der Waals surface area (Å²) < 4.78 is 2.45. The minimum atomic E-state index is -0.0475. The maximum Gasteiger partial charge on any atom is 0.237 e. The van der Waals surface area contributed by atoms with E-state index in [1.807, 2.05) is 12.1 Å². The molecule has 0 radical (unpaired) electrons. The first-order chi connectivity index (χ1) is 13.2. The van der Waals surface area contributed by atoms with Crippen LogP contribution in [0, 0.1) is 29.1 Å². The summed E-state index contributed by atoms with van der Waals surface area (Å²) in [4.78, 5) is 28.2. The predicted molar refractivity (Wildman–Crippen MR) is 107 cm³/mol. The molecule has 7 rings (SSSR count). The smallest absolute Gasteiger partial charge is 0.237 e. The summed E-state index contributed by atoms with van der Waals surface area (Å²) in [7, 11) is 0. The van der Waals surface area contributed by atoms with Gasteiger partial charge in [-0.05, 0) is 67.2 Å². The second kappa shape index (κ2) is 4.61. The van der Waals surface area contributed by atoms with Crippen LogP contribution in [0.2, 0.25) is 0 Å². The highest BCUT2D eigenvalue weighted by molar-refractivity contribution is 7.25. The number of amides is 2. The van der Waals surface area contributed by atoms with E-state index in [9.17, 15) is 9.59 Å². The van der Waals surface area contributed by atoms with E-state index in [-0.39, 0.29) is 23.7 Å². The van der Waals surface area contributed by atoms with Gasteiger partial charge in [0.15, 0.2) is 0 Å². The number of thiophene rings is 1. The lowest BCUT2D eigenvalue weighted by Gasteiger charge is -2.21. The molecule has 1 saturated heterocycles. The number of nitrogens with zero attached hydrogens (tertiary/aromatic N) is 1. The molecule has 4 atom stereocenters. The molecule has 4 aliphatic rings. The number of benzene rings is 2. The second-order valence-corrected chi connectivity index (χ2v) is 9.95. The molecule has 4 heteroatoms. The van der Waals surface area contributed by atoms with E-state index in [0.29, 0.717) is 17.3 Å². The van der Waals surface area contributed by atoms with Crippen LogP contribution in [0.25, 0.3) is 20.2 Å². The Morgan fingerprint density at radius 1 is 0.852 bits per heavy atom. The van der Waals surface area contributed by atoms with Crippen LogP contribution in [-0.2, 0) is 9.59 Å². The fraction of sp³-hybridized carbons (Fsp3) is 0.391. The molecule has 3 saturated carbocycles. The highest BCUT2D eigenvalue weighted by Gasteiger charge is 2.74. The van der Waals surface area contributed by atoms with Crippen molar-refractivity contribution in [3.63, 3.8) is 0 Å². The zero-order valence-corrected chi connectivity index (χ0v) is 15.7. The normalized spacial score (nSPS) is 33.0. The fourth-order valence-electron chi connectivity index (χ4n) is 6.84. The van der Waals surface area contributed by atoms with Crippen LogP contribution >= 0.6 is 11.3 Å². The molecule has 1 aromatic heterocycles. The number of fused-ring (bicyclic) bond motifs is 6. The molecule has 3 nitrogen and oxygen atoms in total. The Hall–Kier alpha value is -2.20. The Kier molecular flexibility index (Phi) is 2.53. The molecular weight excluding hydrogens is 354 g/mol. The third kappa shape index (κ3) is 1.61. The molecule has 2 amide bonds. The van der Waals surface area contributed by atoms with Crippen LogP contribution in [0.15, 0.2) is 42.5 Å². The van der Waals surface area contributed by atoms with E-state index >= 15 is 0 Å². The van der Waals surface area contributed by atoms with Crippen LogP contribution in [-0.4, -0.2) is 11.8 Å². The minimum Gasteiger partial charge on any atom is -0.274 e. The predicted octanol–water partition coefficient (Wildman–Crippen LogP) is 4.98. The highest BCUT2D eigenvalue weighted by Crippen LogP contribution is 2.76. The monoisotopic (exact) mass is 373 g/mol.